The lowest BCUT2D eigenvalue weighted by Crippen LogP contribution is -2.11. The Morgan fingerprint density at radius 1 is 1.26 bits per heavy atom. The minimum atomic E-state index is -4.70. The van der Waals surface area contributed by atoms with E-state index < -0.39 is 22.7 Å². The van der Waals surface area contributed by atoms with Gasteiger partial charge in [-0.1, -0.05) is 12.1 Å². The fraction of sp³-hybridized carbons (Fsp3) is 0.167. The second-order valence-corrected chi connectivity index (χ2v) is 4.08. The summed E-state index contributed by atoms with van der Waals surface area (Å²) < 4.78 is 44.8. The van der Waals surface area contributed by atoms with E-state index >= 15 is 0 Å². The van der Waals surface area contributed by atoms with Crippen molar-refractivity contribution < 1.29 is 17.6 Å². The molecule has 0 aliphatic carbocycles. The summed E-state index contributed by atoms with van der Waals surface area (Å²) >= 11 is 0. The number of nitrogens with zero attached hydrogens (tertiary/aromatic N) is 2. The number of para-hydroxylation sites is 1. The molecule has 2 heterocycles. The molecule has 0 radical (unpaired) electrons. The Morgan fingerprint density at radius 3 is 2.63 bits per heavy atom. The van der Waals surface area contributed by atoms with Crippen LogP contribution in [-0.4, -0.2) is 9.78 Å². The summed E-state index contributed by atoms with van der Waals surface area (Å²) in [5.74, 6) is 0. The molecule has 0 atom stereocenters. The largest absolute Gasteiger partial charge is 0.438 e. The van der Waals surface area contributed by atoms with Crippen molar-refractivity contribution in [3.8, 4) is 0 Å². The molecule has 4 nitrogen and oxygen atoms in total. The summed E-state index contributed by atoms with van der Waals surface area (Å²) in [6, 6.07) is 6.15. The van der Waals surface area contributed by atoms with Gasteiger partial charge in [0, 0.05) is 7.05 Å². The predicted molar refractivity (Wildman–Crippen MR) is 61.8 cm³/mol. The summed E-state index contributed by atoms with van der Waals surface area (Å²) in [5.41, 5.74) is -1.89. The normalized spacial score (nSPS) is 12.4. The van der Waals surface area contributed by atoms with E-state index in [1.165, 1.54) is 19.2 Å². The predicted octanol–water partition coefficient (Wildman–Crippen LogP) is 2.70. The van der Waals surface area contributed by atoms with E-state index in [0.29, 0.717) is 0 Å². The number of aryl methyl sites for hydroxylation is 1. The average Bonchev–Trinajstić information content (AvgIpc) is 2.68. The standard InChI is InChI=1S/C12H7F3N2O2/c1-17-11-8(10(16-17)12(13,14)15)9(18)6-4-2-3-5-7(6)19-11/h2-5H,1H3. The molecule has 0 aliphatic heterocycles. The SMILES string of the molecule is Cn1nc(C(F)(F)F)c2c(=O)c3ccccc3oc21. The molecule has 3 rings (SSSR count). The molecule has 0 unspecified atom stereocenters. The van der Waals surface area contributed by atoms with Crippen molar-refractivity contribution in [2.75, 3.05) is 0 Å². The van der Waals surface area contributed by atoms with Crippen molar-refractivity contribution in [2.24, 2.45) is 7.05 Å². The Balaban J connectivity index is 2.58. The number of aromatic nitrogens is 2. The molecule has 0 spiro atoms. The molecule has 98 valence electrons. The summed E-state index contributed by atoms with van der Waals surface area (Å²) in [6.07, 6.45) is -4.70. The third-order valence-corrected chi connectivity index (χ3v) is 2.83. The Morgan fingerprint density at radius 2 is 1.95 bits per heavy atom. The highest BCUT2D eigenvalue weighted by atomic mass is 19.4. The molecule has 19 heavy (non-hydrogen) atoms. The Hall–Kier alpha value is -2.31. The summed E-state index contributed by atoms with van der Waals surface area (Å²) in [4.78, 5) is 12.2. The van der Waals surface area contributed by atoms with Crippen LogP contribution >= 0.6 is 0 Å². The number of fused-ring (bicyclic) bond motifs is 2. The highest BCUT2D eigenvalue weighted by Gasteiger charge is 2.38. The van der Waals surface area contributed by atoms with E-state index in [-0.39, 0.29) is 16.7 Å². The lowest BCUT2D eigenvalue weighted by molar-refractivity contribution is -0.140. The molecule has 0 fully saturated rings. The molecule has 0 bridgehead atoms. The number of hydrogen-bond acceptors (Lipinski definition) is 3. The van der Waals surface area contributed by atoms with Crippen LogP contribution < -0.4 is 5.43 Å². The minimum absolute atomic E-state index is 0.105. The molecule has 1 aromatic carbocycles. The maximum Gasteiger partial charge on any atom is 0.436 e. The molecule has 7 heteroatoms. The van der Waals surface area contributed by atoms with Crippen LogP contribution in [0.5, 0.6) is 0 Å². The van der Waals surface area contributed by atoms with E-state index in [0.717, 1.165) is 4.68 Å². The number of hydrogen-bond donors (Lipinski definition) is 0. The topological polar surface area (TPSA) is 48.0 Å². The first-order chi connectivity index (χ1) is 8.89. The molecule has 0 saturated carbocycles. The number of benzene rings is 1. The molecule has 0 amide bonds. The van der Waals surface area contributed by atoms with Crippen LogP contribution in [0.15, 0.2) is 33.5 Å². The Labute approximate surface area is 104 Å². The quantitative estimate of drug-likeness (QED) is 0.629. The van der Waals surface area contributed by atoms with E-state index in [4.69, 9.17) is 4.42 Å². The van der Waals surface area contributed by atoms with Gasteiger partial charge in [-0.25, -0.2) is 4.68 Å². The summed E-state index contributed by atoms with van der Waals surface area (Å²) in [6.45, 7) is 0. The first-order valence-corrected chi connectivity index (χ1v) is 5.35. The highest BCUT2D eigenvalue weighted by molar-refractivity contribution is 5.89. The van der Waals surface area contributed by atoms with E-state index in [1.54, 1.807) is 12.1 Å². The Kier molecular flexibility index (Phi) is 2.23. The van der Waals surface area contributed by atoms with E-state index in [1.807, 2.05) is 0 Å². The number of halogens is 3. The van der Waals surface area contributed by atoms with Crippen molar-refractivity contribution in [1.29, 1.82) is 0 Å². The third-order valence-electron chi connectivity index (χ3n) is 2.83. The van der Waals surface area contributed by atoms with Crippen LogP contribution in [0.4, 0.5) is 13.2 Å². The van der Waals surface area contributed by atoms with E-state index in [9.17, 15) is 18.0 Å². The maximum atomic E-state index is 12.9. The van der Waals surface area contributed by atoms with Gasteiger partial charge >= 0.3 is 6.18 Å². The van der Waals surface area contributed by atoms with Crippen LogP contribution in [0.1, 0.15) is 5.69 Å². The van der Waals surface area contributed by atoms with Crippen LogP contribution in [0.2, 0.25) is 0 Å². The molecule has 3 aromatic rings. The van der Waals surface area contributed by atoms with E-state index in [2.05, 4.69) is 5.10 Å². The van der Waals surface area contributed by atoms with Gasteiger partial charge in [0.1, 0.15) is 11.0 Å². The molecular formula is C12H7F3N2O2. The van der Waals surface area contributed by atoms with Crippen molar-refractivity contribution in [1.82, 2.24) is 9.78 Å². The van der Waals surface area contributed by atoms with Crippen molar-refractivity contribution in [3.05, 3.63) is 40.2 Å². The van der Waals surface area contributed by atoms with Gasteiger partial charge in [-0.2, -0.15) is 18.3 Å². The maximum absolute atomic E-state index is 12.9. The number of alkyl halides is 3. The van der Waals surface area contributed by atoms with Gasteiger partial charge in [0.2, 0.25) is 11.1 Å². The van der Waals surface area contributed by atoms with Crippen LogP contribution in [0.3, 0.4) is 0 Å². The average molecular weight is 268 g/mol. The van der Waals surface area contributed by atoms with Gasteiger partial charge in [0.15, 0.2) is 5.69 Å². The molecule has 0 N–H and O–H groups in total. The third kappa shape index (κ3) is 1.61. The zero-order valence-electron chi connectivity index (χ0n) is 9.65. The van der Waals surface area contributed by atoms with Gasteiger partial charge in [-0.05, 0) is 12.1 Å². The molecule has 0 saturated heterocycles. The molecular weight excluding hydrogens is 261 g/mol. The van der Waals surface area contributed by atoms with Crippen molar-refractivity contribution >= 4 is 22.1 Å². The smallest absolute Gasteiger partial charge is 0.436 e. The lowest BCUT2D eigenvalue weighted by atomic mass is 10.1. The monoisotopic (exact) mass is 268 g/mol. The number of rotatable bonds is 0. The fourth-order valence-electron chi connectivity index (χ4n) is 2.01. The first kappa shape index (κ1) is 11.8. The van der Waals surface area contributed by atoms with Crippen LogP contribution in [-0.2, 0) is 13.2 Å². The van der Waals surface area contributed by atoms with Gasteiger partial charge in [0.05, 0.1) is 5.39 Å². The molecule has 0 aliphatic rings. The van der Waals surface area contributed by atoms with Gasteiger partial charge in [-0.3, -0.25) is 4.79 Å². The van der Waals surface area contributed by atoms with Gasteiger partial charge < -0.3 is 4.42 Å². The van der Waals surface area contributed by atoms with Crippen LogP contribution in [0.25, 0.3) is 22.1 Å². The summed E-state index contributed by atoms with van der Waals surface area (Å²) in [5, 5.41) is 2.91. The summed E-state index contributed by atoms with van der Waals surface area (Å²) in [7, 11) is 1.30. The van der Waals surface area contributed by atoms with Gasteiger partial charge in [0.25, 0.3) is 0 Å². The lowest BCUT2D eigenvalue weighted by Gasteiger charge is -2.01. The fourth-order valence-corrected chi connectivity index (χ4v) is 2.01. The minimum Gasteiger partial charge on any atom is -0.438 e. The molecule has 2 aromatic heterocycles. The van der Waals surface area contributed by atoms with Crippen molar-refractivity contribution in [2.45, 2.75) is 6.18 Å². The van der Waals surface area contributed by atoms with Crippen LogP contribution in [0, 0.1) is 0 Å². The second kappa shape index (κ2) is 3.59. The zero-order valence-corrected chi connectivity index (χ0v) is 9.65. The first-order valence-electron chi connectivity index (χ1n) is 5.35. The zero-order chi connectivity index (χ0) is 13.8. The second-order valence-electron chi connectivity index (χ2n) is 4.08. The van der Waals surface area contributed by atoms with Gasteiger partial charge in [-0.15, -0.1) is 0 Å². The highest BCUT2D eigenvalue weighted by Crippen LogP contribution is 2.33. The van der Waals surface area contributed by atoms with Crippen molar-refractivity contribution in [3.63, 3.8) is 0 Å². The Bertz CT molecular complexity index is 846.